The van der Waals surface area contributed by atoms with Gasteiger partial charge in [0.15, 0.2) is 0 Å². The molecule has 4 heteroatoms. The van der Waals surface area contributed by atoms with Gasteiger partial charge in [0.05, 0.1) is 13.0 Å². The molecule has 0 unspecified atom stereocenters. The molecule has 0 amide bonds. The first-order valence-electron chi connectivity index (χ1n) is 4.36. The summed E-state index contributed by atoms with van der Waals surface area (Å²) >= 11 is 0. The highest BCUT2D eigenvalue weighted by Gasteiger charge is 2.04. The third-order valence-corrected chi connectivity index (χ3v) is 1.82. The Bertz CT molecular complexity index is 246. The van der Waals surface area contributed by atoms with Gasteiger partial charge in [-0.25, -0.2) is 0 Å². The zero-order chi connectivity index (χ0) is 9.68. The molecule has 13 heavy (non-hydrogen) atoms. The van der Waals surface area contributed by atoms with E-state index in [4.69, 9.17) is 5.11 Å². The number of aliphatic carboxylic acids is 1. The van der Waals surface area contributed by atoms with Gasteiger partial charge in [0.2, 0.25) is 0 Å². The first-order valence-corrected chi connectivity index (χ1v) is 4.36. The van der Waals surface area contributed by atoms with Crippen molar-refractivity contribution in [3.63, 3.8) is 0 Å². The van der Waals surface area contributed by atoms with E-state index in [2.05, 4.69) is 5.10 Å². The molecule has 1 aliphatic heterocycles. The van der Waals surface area contributed by atoms with Crippen molar-refractivity contribution in [3.05, 3.63) is 11.8 Å². The molecule has 0 atom stereocenters. The second kappa shape index (κ2) is 4.64. The van der Waals surface area contributed by atoms with Crippen LogP contribution in [0.4, 0.5) is 0 Å². The molecule has 0 spiro atoms. The molecule has 0 fully saturated rings. The van der Waals surface area contributed by atoms with Crippen molar-refractivity contribution in [2.75, 3.05) is 6.54 Å². The molecule has 0 radical (unpaired) electrons. The van der Waals surface area contributed by atoms with Crippen LogP contribution in [0.15, 0.2) is 16.9 Å². The lowest BCUT2D eigenvalue weighted by Gasteiger charge is -2.12. The molecular formula is C9H14N2O2. The Morgan fingerprint density at radius 1 is 1.77 bits per heavy atom. The Hall–Kier alpha value is -1.32. The van der Waals surface area contributed by atoms with E-state index in [0.717, 1.165) is 12.8 Å². The van der Waals surface area contributed by atoms with E-state index in [1.54, 1.807) is 5.01 Å². The Labute approximate surface area is 77.5 Å². The molecule has 1 rings (SSSR count). The second-order valence-electron chi connectivity index (χ2n) is 3.12. The van der Waals surface area contributed by atoms with Gasteiger partial charge in [0, 0.05) is 12.4 Å². The van der Waals surface area contributed by atoms with Crippen LogP contribution in [-0.4, -0.2) is 28.8 Å². The Morgan fingerprint density at radius 3 is 3.23 bits per heavy atom. The summed E-state index contributed by atoms with van der Waals surface area (Å²) in [5.74, 6) is -0.787. The number of hydrogen-bond acceptors (Lipinski definition) is 3. The van der Waals surface area contributed by atoms with Crippen LogP contribution in [0.5, 0.6) is 0 Å². The summed E-state index contributed by atoms with van der Waals surface area (Å²) in [7, 11) is 0. The average Bonchev–Trinajstić information content (AvgIpc) is 2.26. The molecule has 1 N–H and O–H groups in total. The average molecular weight is 182 g/mol. The van der Waals surface area contributed by atoms with E-state index in [0.29, 0.717) is 6.54 Å². The minimum Gasteiger partial charge on any atom is -0.481 e. The zero-order valence-electron chi connectivity index (χ0n) is 7.73. The normalized spacial score (nSPS) is 16.7. The molecule has 0 saturated heterocycles. The molecule has 72 valence electrons. The number of carboxylic acid groups (broad SMARTS) is 1. The van der Waals surface area contributed by atoms with E-state index < -0.39 is 5.97 Å². The van der Waals surface area contributed by atoms with Crippen LogP contribution in [-0.2, 0) is 4.79 Å². The molecule has 0 saturated carbocycles. The lowest BCUT2D eigenvalue weighted by atomic mass is 10.2. The lowest BCUT2D eigenvalue weighted by Crippen LogP contribution is -2.15. The molecule has 0 aliphatic carbocycles. The third kappa shape index (κ3) is 3.73. The highest BCUT2D eigenvalue weighted by Crippen LogP contribution is 2.09. The third-order valence-electron chi connectivity index (χ3n) is 1.82. The number of nitrogens with zero attached hydrogens (tertiary/aromatic N) is 2. The minimum atomic E-state index is -0.787. The Kier molecular flexibility index (Phi) is 3.49. The van der Waals surface area contributed by atoms with Crippen LogP contribution in [0.25, 0.3) is 0 Å². The molecule has 0 aromatic carbocycles. The summed E-state index contributed by atoms with van der Waals surface area (Å²) < 4.78 is 0. The number of hydrazone groups is 1. The van der Waals surface area contributed by atoms with Crippen molar-refractivity contribution < 1.29 is 9.90 Å². The van der Waals surface area contributed by atoms with Crippen LogP contribution >= 0.6 is 0 Å². The maximum Gasteiger partial charge on any atom is 0.305 e. The summed E-state index contributed by atoms with van der Waals surface area (Å²) in [6.07, 6.45) is 5.81. The zero-order valence-corrected chi connectivity index (χ0v) is 7.73. The fourth-order valence-electron chi connectivity index (χ4n) is 1.14. The first-order chi connectivity index (χ1) is 6.18. The number of allylic oxidation sites excluding steroid dienone is 1. The largest absolute Gasteiger partial charge is 0.481 e. The van der Waals surface area contributed by atoms with Crippen molar-refractivity contribution in [3.8, 4) is 0 Å². The smallest absolute Gasteiger partial charge is 0.305 e. The van der Waals surface area contributed by atoms with Crippen molar-refractivity contribution in [1.82, 2.24) is 5.01 Å². The maximum absolute atomic E-state index is 10.3. The van der Waals surface area contributed by atoms with E-state index in [1.165, 1.54) is 5.57 Å². The van der Waals surface area contributed by atoms with Gasteiger partial charge < -0.3 is 5.11 Å². The highest BCUT2D eigenvalue weighted by molar-refractivity contribution is 5.67. The van der Waals surface area contributed by atoms with Gasteiger partial charge in [0.1, 0.15) is 0 Å². The summed E-state index contributed by atoms with van der Waals surface area (Å²) in [5, 5.41) is 14.3. The minimum absolute atomic E-state index is 0.126. The Morgan fingerprint density at radius 2 is 2.54 bits per heavy atom. The van der Waals surface area contributed by atoms with E-state index in [1.807, 2.05) is 19.3 Å². The van der Waals surface area contributed by atoms with Crippen LogP contribution in [0, 0.1) is 0 Å². The van der Waals surface area contributed by atoms with Crippen molar-refractivity contribution >= 4 is 12.2 Å². The molecule has 1 aliphatic rings. The number of carboxylic acids is 1. The molecule has 0 aromatic rings. The highest BCUT2D eigenvalue weighted by atomic mass is 16.4. The van der Waals surface area contributed by atoms with Gasteiger partial charge in [0.25, 0.3) is 0 Å². The van der Waals surface area contributed by atoms with Gasteiger partial charge in [-0.2, -0.15) is 5.10 Å². The van der Waals surface area contributed by atoms with Crippen LogP contribution in [0.2, 0.25) is 0 Å². The topological polar surface area (TPSA) is 52.9 Å². The van der Waals surface area contributed by atoms with Crippen LogP contribution in [0.3, 0.4) is 0 Å². The predicted molar refractivity (Wildman–Crippen MR) is 50.4 cm³/mol. The fourth-order valence-corrected chi connectivity index (χ4v) is 1.14. The van der Waals surface area contributed by atoms with Gasteiger partial charge in [-0.15, -0.1) is 0 Å². The first kappa shape index (κ1) is 9.77. The van der Waals surface area contributed by atoms with Gasteiger partial charge in [-0.05, 0) is 19.8 Å². The fraction of sp³-hybridized carbons (Fsp3) is 0.556. The molecular weight excluding hydrogens is 168 g/mol. The van der Waals surface area contributed by atoms with Crippen LogP contribution in [0.1, 0.15) is 26.2 Å². The van der Waals surface area contributed by atoms with E-state index in [-0.39, 0.29) is 6.42 Å². The van der Waals surface area contributed by atoms with Gasteiger partial charge in [-0.3, -0.25) is 9.80 Å². The number of hydrogen-bond donors (Lipinski definition) is 1. The summed E-state index contributed by atoms with van der Waals surface area (Å²) in [4.78, 5) is 10.3. The molecule has 4 nitrogen and oxygen atoms in total. The van der Waals surface area contributed by atoms with Gasteiger partial charge in [-0.1, -0.05) is 5.57 Å². The second-order valence-corrected chi connectivity index (χ2v) is 3.12. The molecule has 0 aromatic heterocycles. The molecule has 1 heterocycles. The summed E-state index contributed by atoms with van der Waals surface area (Å²) in [5.41, 5.74) is 1.24. The number of carbonyl (C=O) groups is 1. The van der Waals surface area contributed by atoms with Crippen molar-refractivity contribution in [2.45, 2.75) is 26.2 Å². The van der Waals surface area contributed by atoms with Gasteiger partial charge >= 0.3 is 5.97 Å². The summed E-state index contributed by atoms with van der Waals surface area (Å²) in [6.45, 7) is 2.48. The summed E-state index contributed by atoms with van der Waals surface area (Å²) in [6, 6.07) is 0. The van der Waals surface area contributed by atoms with E-state index >= 15 is 0 Å². The standard InChI is InChI=1S/C9H14N2O2/c1-8-3-2-5-10-11(7-8)6-4-9(12)13/h5,7H,2-4,6H2,1H3,(H,12,13). The lowest BCUT2D eigenvalue weighted by molar-refractivity contribution is -0.137. The maximum atomic E-state index is 10.3. The monoisotopic (exact) mass is 182 g/mol. The Balaban J connectivity index is 2.46. The van der Waals surface area contributed by atoms with Crippen molar-refractivity contribution in [2.24, 2.45) is 5.10 Å². The SMILES string of the molecule is CC1=CN(CCC(=O)O)N=CCC1. The van der Waals surface area contributed by atoms with Crippen LogP contribution < -0.4 is 0 Å². The van der Waals surface area contributed by atoms with Crippen molar-refractivity contribution in [1.29, 1.82) is 0 Å². The predicted octanol–water partition coefficient (Wildman–Crippen LogP) is 1.45. The molecule has 0 bridgehead atoms. The quantitative estimate of drug-likeness (QED) is 0.718. The number of rotatable bonds is 3. The van der Waals surface area contributed by atoms with E-state index in [9.17, 15) is 4.79 Å².